The van der Waals surface area contributed by atoms with Crippen molar-refractivity contribution in [2.24, 2.45) is 5.92 Å². The van der Waals surface area contributed by atoms with Crippen molar-refractivity contribution in [2.75, 3.05) is 6.54 Å². The van der Waals surface area contributed by atoms with Crippen molar-refractivity contribution in [3.05, 3.63) is 0 Å². The molecular weight excluding hydrogens is 212 g/mol. The van der Waals surface area contributed by atoms with E-state index in [1.807, 2.05) is 0 Å². The van der Waals surface area contributed by atoms with Gasteiger partial charge in [-0.3, -0.25) is 4.79 Å². The summed E-state index contributed by atoms with van der Waals surface area (Å²) in [5.74, 6) is 0.743. The molecule has 0 saturated carbocycles. The summed E-state index contributed by atoms with van der Waals surface area (Å²) in [5, 5.41) is 6.30. The number of hydrogen-bond acceptors (Lipinski definition) is 2. The van der Waals surface area contributed by atoms with Crippen molar-refractivity contribution in [3.63, 3.8) is 0 Å². The van der Waals surface area contributed by atoms with Crippen molar-refractivity contribution in [1.29, 1.82) is 0 Å². The Kier molecular flexibility index (Phi) is 8.23. The van der Waals surface area contributed by atoms with Crippen LogP contribution in [0, 0.1) is 5.92 Å². The van der Waals surface area contributed by atoms with Gasteiger partial charge in [0, 0.05) is 18.1 Å². The lowest BCUT2D eigenvalue weighted by Crippen LogP contribution is -2.42. The van der Waals surface area contributed by atoms with Crippen molar-refractivity contribution >= 4 is 6.41 Å². The second-order valence-corrected chi connectivity index (χ2v) is 6.19. The van der Waals surface area contributed by atoms with E-state index in [0.717, 1.165) is 25.3 Å². The molecule has 0 spiro atoms. The van der Waals surface area contributed by atoms with Crippen LogP contribution in [0.5, 0.6) is 0 Å². The molecule has 2 unspecified atom stereocenters. The first-order chi connectivity index (χ1) is 7.85. The molecule has 0 aromatic heterocycles. The summed E-state index contributed by atoms with van der Waals surface area (Å²) in [5.41, 5.74) is 0.205. The fourth-order valence-electron chi connectivity index (χ4n) is 2.10. The zero-order valence-corrected chi connectivity index (χ0v) is 12.2. The Morgan fingerprint density at radius 2 is 1.76 bits per heavy atom. The molecule has 0 aromatic carbocycles. The molecule has 0 saturated heterocycles. The first-order valence-corrected chi connectivity index (χ1v) is 6.80. The minimum Gasteiger partial charge on any atom is -0.359 e. The summed E-state index contributed by atoms with van der Waals surface area (Å²) >= 11 is 0. The lowest BCUT2D eigenvalue weighted by atomic mass is 9.96. The summed E-state index contributed by atoms with van der Waals surface area (Å²) in [7, 11) is 0. The molecule has 1 amide bonds. The Hall–Kier alpha value is -0.570. The molecule has 3 nitrogen and oxygen atoms in total. The van der Waals surface area contributed by atoms with Crippen molar-refractivity contribution in [2.45, 2.75) is 71.9 Å². The maximum Gasteiger partial charge on any atom is 0.207 e. The second-order valence-electron chi connectivity index (χ2n) is 6.19. The Bertz CT molecular complexity index is 199. The summed E-state index contributed by atoms with van der Waals surface area (Å²) in [4.78, 5) is 10.1. The Morgan fingerprint density at radius 1 is 1.12 bits per heavy atom. The van der Waals surface area contributed by atoms with Gasteiger partial charge in [0.1, 0.15) is 0 Å². The van der Waals surface area contributed by atoms with Gasteiger partial charge in [0.15, 0.2) is 0 Å². The van der Waals surface area contributed by atoms with Crippen LogP contribution in [0.4, 0.5) is 0 Å². The Labute approximate surface area is 107 Å². The molecule has 0 rings (SSSR count). The zero-order chi connectivity index (χ0) is 13.3. The van der Waals surface area contributed by atoms with Gasteiger partial charge < -0.3 is 10.6 Å². The third-order valence-electron chi connectivity index (χ3n) is 2.87. The van der Waals surface area contributed by atoms with Gasteiger partial charge in [-0.2, -0.15) is 0 Å². The van der Waals surface area contributed by atoms with Crippen LogP contribution in [0.1, 0.15) is 60.3 Å². The average molecular weight is 242 g/mol. The fraction of sp³-hybridized carbons (Fsp3) is 0.929. The predicted molar refractivity (Wildman–Crippen MR) is 74.0 cm³/mol. The van der Waals surface area contributed by atoms with E-state index in [-0.39, 0.29) is 5.54 Å². The summed E-state index contributed by atoms with van der Waals surface area (Å²) < 4.78 is 0. The first-order valence-electron chi connectivity index (χ1n) is 6.80. The zero-order valence-electron chi connectivity index (χ0n) is 12.2. The number of carbonyl (C=O) groups is 1. The van der Waals surface area contributed by atoms with Gasteiger partial charge in [-0.15, -0.1) is 0 Å². The minimum atomic E-state index is 0.205. The van der Waals surface area contributed by atoms with Crippen LogP contribution >= 0.6 is 0 Å². The summed E-state index contributed by atoms with van der Waals surface area (Å²) in [6.07, 6.45) is 5.54. The van der Waals surface area contributed by atoms with Gasteiger partial charge in [-0.25, -0.2) is 0 Å². The van der Waals surface area contributed by atoms with Crippen LogP contribution < -0.4 is 10.6 Å². The standard InChI is InChI=1S/C14H30N2O/c1-12(7-6-10-15-11-17)8-9-13(2)16-14(3,4)5/h11-13,16H,6-10H2,1-5H3,(H,15,17). The molecule has 0 aliphatic rings. The van der Waals surface area contributed by atoms with Gasteiger partial charge in [-0.05, 0) is 59.3 Å². The van der Waals surface area contributed by atoms with Crippen LogP contribution in [-0.2, 0) is 4.79 Å². The number of carbonyl (C=O) groups excluding carboxylic acids is 1. The van der Waals surface area contributed by atoms with Gasteiger partial charge in [0.05, 0.1) is 0 Å². The molecule has 0 fully saturated rings. The molecule has 0 heterocycles. The molecule has 0 aliphatic carbocycles. The Morgan fingerprint density at radius 3 is 2.29 bits per heavy atom. The number of hydrogen-bond donors (Lipinski definition) is 2. The first kappa shape index (κ1) is 16.4. The van der Waals surface area contributed by atoms with Gasteiger partial charge >= 0.3 is 0 Å². The highest BCUT2D eigenvalue weighted by Crippen LogP contribution is 2.15. The SMILES string of the molecule is CC(CCCNC=O)CCC(C)NC(C)(C)C. The molecule has 3 heteroatoms. The lowest BCUT2D eigenvalue weighted by molar-refractivity contribution is -0.109. The third kappa shape index (κ3) is 11.7. The van der Waals surface area contributed by atoms with Crippen molar-refractivity contribution in [3.8, 4) is 0 Å². The molecule has 2 atom stereocenters. The third-order valence-corrected chi connectivity index (χ3v) is 2.87. The van der Waals surface area contributed by atoms with E-state index >= 15 is 0 Å². The van der Waals surface area contributed by atoms with Crippen LogP contribution in [0.3, 0.4) is 0 Å². The van der Waals surface area contributed by atoms with Crippen LogP contribution in [0.25, 0.3) is 0 Å². The Balaban J connectivity index is 3.55. The van der Waals surface area contributed by atoms with Crippen LogP contribution in [-0.4, -0.2) is 24.5 Å². The van der Waals surface area contributed by atoms with Gasteiger partial charge in [-0.1, -0.05) is 6.92 Å². The van der Waals surface area contributed by atoms with E-state index in [1.165, 1.54) is 19.3 Å². The topological polar surface area (TPSA) is 41.1 Å². The molecular formula is C14H30N2O. The lowest BCUT2D eigenvalue weighted by Gasteiger charge is -2.26. The number of nitrogens with one attached hydrogen (secondary N) is 2. The molecule has 17 heavy (non-hydrogen) atoms. The number of amides is 1. The maximum absolute atomic E-state index is 10.1. The van der Waals surface area contributed by atoms with E-state index in [4.69, 9.17) is 0 Å². The fourth-order valence-corrected chi connectivity index (χ4v) is 2.10. The van der Waals surface area contributed by atoms with E-state index in [9.17, 15) is 4.79 Å². The van der Waals surface area contributed by atoms with Crippen LogP contribution in [0.2, 0.25) is 0 Å². The van der Waals surface area contributed by atoms with E-state index in [0.29, 0.717) is 6.04 Å². The highest BCUT2D eigenvalue weighted by Gasteiger charge is 2.14. The summed E-state index contributed by atoms with van der Waals surface area (Å²) in [6.45, 7) is 12.0. The normalized spacial score (nSPS) is 15.4. The van der Waals surface area contributed by atoms with E-state index < -0.39 is 0 Å². The monoisotopic (exact) mass is 242 g/mol. The predicted octanol–water partition coefficient (Wildman–Crippen LogP) is 2.71. The maximum atomic E-state index is 10.1. The second kappa shape index (κ2) is 8.51. The van der Waals surface area contributed by atoms with E-state index in [2.05, 4.69) is 45.3 Å². The van der Waals surface area contributed by atoms with Crippen LogP contribution in [0.15, 0.2) is 0 Å². The molecule has 0 radical (unpaired) electrons. The quantitative estimate of drug-likeness (QED) is 0.482. The molecule has 0 aromatic rings. The van der Waals surface area contributed by atoms with Crippen molar-refractivity contribution in [1.82, 2.24) is 10.6 Å². The molecule has 0 bridgehead atoms. The van der Waals surface area contributed by atoms with Gasteiger partial charge in [0.2, 0.25) is 6.41 Å². The van der Waals surface area contributed by atoms with E-state index in [1.54, 1.807) is 0 Å². The average Bonchev–Trinajstić information content (AvgIpc) is 2.19. The highest BCUT2D eigenvalue weighted by molar-refractivity contribution is 5.45. The summed E-state index contributed by atoms with van der Waals surface area (Å²) in [6, 6.07) is 0.575. The van der Waals surface area contributed by atoms with Gasteiger partial charge in [0.25, 0.3) is 0 Å². The largest absolute Gasteiger partial charge is 0.359 e. The minimum absolute atomic E-state index is 0.205. The highest BCUT2D eigenvalue weighted by atomic mass is 16.1. The number of rotatable bonds is 9. The molecule has 2 N–H and O–H groups in total. The molecule has 102 valence electrons. The van der Waals surface area contributed by atoms with Crippen molar-refractivity contribution < 1.29 is 4.79 Å². The molecule has 0 aliphatic heterocycles. The smallest absolute Gasteiger partial charge is 0.207 e.